The largest absolute Gasteiger partial charge is 0.494 e. The SMILES string of the molecule is CCOc1ccc(C2ON(C(=O)OC(C)(C)C)C(C)C=C2C)cc1. The van der Waals surface area contributed by atoms with Gasteiger partial charge in [-0.2, -0.15) is 5.06 Å². The minimum atomic E-state index is -0.564. The molecule has 2 unspecified atom stereocenters. The second-order valence-electron chi connectivity index (χ2n) is 6.94. The number of ether oxygens (including phenoxy) is 2. The highest BCUT2D eigenvalue weighted by Crippen LogP contribution is 2.33. The lowest BCUT2D eigenvalue weighted by atomic mass is 9.99. The van der Waals surface area contributed by atoms with Gasteiger partial charge in [0.1, 0.15) is 17.5 Å². The van der Waals surface area contributed by atoms with E-state index in [1.165, 1.54) is 5.06 Å². The zero-order chi connectivity index (χ0) is 17.9. The zero-order valence-electron chi connectivity index (χ0n) is 15.3. The van der Waals surface area contributed by atoms with Crippen LogP contribution in [0.2, 0.25) is 0 Å². The fourth-order valence-electron chi connectivity index (χ4n) is 2.57. The summed E-state index contributed by atoms with van der Waals surface area (Å²) in [7, 11) is 0. The first-order valence-electron chi connectivity index (χ1n) is 8.31. The van der Waals surface area contributed by atoms with E-state index in [0.29, 0.717) is 6.61 Å². The molecule has 0 radical (unpaired) electrons. The van der Waals surface area contributed by atoms with Gasteiger partial charge in [0.2, 0.25) is 0 Å². The number of benzene rings is 1. The molecule has 1 aromatic rings. The predicted molar refractivity (Wildman–Crippen MR) is 92.7 cm³/mol. The molecule has 2 rings (SSSR count). The van der Waals surface area contributed by atoms with E-state index in [2.05, 4.69) is 0 Å². The Kier molecular flexibility index (Phi) is 5.54. The molecule has 0 aliphatic carbocycles. The van der Waals surface area contributed by atoms with E-state index in [4.69, 9.17) is 14.3 Å². The molecule has 0 fully saturated rings. The van der Waals surface area contributed by atoms with Gasteiger partial charge in [-0.1, -0.05) is 18.2 Å². The van der Waals surface area contributed by atoms with Gasteiger partial charge in [0, 0.05) is 0 Å². The van der Waals surface area contributed by atoms with Crippen LogP contribution in [0.3, 0.4) is 0 Å². The molecule has 0 N–H and O–H groups in total. The monoisotopic (exact) mass is 333 g/mol. The highest BCUT2D eigenvalue weighted by molar-refractivity contribution is 5.68. The molecule has 1 amide bonds. The van der Waals surface area contributed by atoms with Crippen molar-refractivity contribution < 1.29 is 19.1 Å². The molecule has 5 nitrogen and oxygen atoms in total. The van der Waals surface area contributed by atoms with E-state index < -0.39 is 11.7 Å². The number of amides is 1. The summed E-state index contributed by atoms with van der Waals surface area (Å²) in [6, 6.07) is 7.54. The highest BCUT2D eigenvalue weighted by Gasteiger charge is 2.33. The molecular formula is C19H27NO4. The van der Waals surface area contributed by atoms with Crippen LogP contribution in [0.5, 0.6) is 5.75 Å². The summed E-state index contributed by atoms with van der Waals surface area (Å²) in [6.45, 7) is 12.0. The van der Waals surface area contributed by atoms with Crippen molar-refractivity contribution >= 4 is 6.09 Å². The minimum absolute atomic E-state index is 0.182. The normalized spacial score (nSPS) is 21.2. The summed E-state index contributed by atoms with van der Waals surface area (Å²) in [4.78, 5) is 18.3. The van der Waals surface area contributed by atoms with E-state index in [1.54, 1.807) is 0 Å². The minimum Gasteiger partial charge on any atom is -0.494 e. The van der Waals surface area contributed by atoms with Crippen molar-refractivity contribution in [2.75, 3.05) is 6.61 Å². The molecule has 1 aromatic carbocycles. The van der Waals surface area contributed by atoms with Crippen molar-refractivity contribution in [1.82, 2.24) is 5.06 Å². The Hall–Kier alpha value is -2.01. The maximum atomic E-state index is 12.4. The van der Waals surface area contributed by atoms with Crippen LogP contribution in [-0.2, 0) is 9.57 Å². The number of nitrogens with zero attached hydrogens (tertiary/aromatic N) is 1. The third-order valence-electron chi connectivity index (χ3n) is 3.57. The molecule has 0 bridgehead atoms. The number of carbonyl (C=O) groups excluding carboxylic acids is 1. The molecule has 0 saturated heterocycles. The van der Waals surface area contributed by atoms with Gasteiger partial charge in [0.25, 0.3) is 0 Å². The Morgan fingerprint density at radius 1 is 1.25 bits per heavy atom. The summed E-state index contributed by atoms with van der Waals surface area (Å²) in [5.74, 6) is 0.816. The summed E-state index contributed by atoms with van der Waals surface area (Å²) >= 11 is 0. The van der Waals surface area contributed by atoms with E-state index in [1.807, 2.05) is 71.9 Å². The number of rotatable bonds is 3. The molecule has 1 aliphatic heterocycles. The van der Waals surface area contributed by atoms with Crippen molar-refractivity contribution in [3.63, 3.8) is 0 Å². The second kappa shape index (κ2) is 7.26. The lowest BCUT2D eigenvalue weighted by molar-refractivity contribution is -0.193. The van der Waals surface area contributed by atoms with Crippen LogP contribution in [0, 0.1) is 0 Å². The van der Waals surface area contributed by atoms with E-state index in [-0.39, 0.29) is 12.1 Å². The Morgan fingerprint density at radius 3 is 2.42 bits per heavy atom. The van der Waals surface area contributed by atoms with Gasteiger partial charge in [0.15, 0.2) is 0 Å². The zero-order valence-corrected chi connectivity index (χ0v) is 15.3. The van der Waals surface area contributed by atoms with Gasteiger partial charge >= 0.3 is 6.09 Å². The number of hydrogen-bond donors (Lipinski definition) is 0. The summed E-state index contributed by atoms with van der Waals surface area (Å²) < 4.78 is 10.9. The second-order valence-corrected chi connectivity index (χ2v) is 6.94. The van der Waals surface area contributed by atoms with Crippen LogP contribution in [0.1, 0.15) is 53.2 Å². The van der Waals surface area contributed by atoms with Crippen molar-refractivity contribution in [2.24, 2.45) is 0 Å². The number of hydroxylamine groups is 2. The maximum absolute atomic E-state index is 12.4. The topological polar surface area (TPSA) is 48.0 Å². The van der Waals surface area contributed by atoms with Crippen LogP contribution in [-0.4, -0.2) is 29.4 Å². The van der Waals surface area contributed by atoms with E-state index in [0.717, 1.165) is 16.9 Å². The predicted octanol–water partition coefficient (Wildman–Crippen LogP) is 4.64. The first-order chi connectivity index (χ1) is 11.2. The Balaban J connectivity index is 2.19. The highest BCUT2D eigenvalue weighted by atomic mass is 16.7. The Labute approximate surface area is 144 Å². The third-order valence-corrected chi connectivity index (χ3v) is 3.57. The fraction of sp³-hybridized carbons (Fsp3) is 0.526. The molecule has 2 atom stereocenters. The van der Waals surface area contributed by atoms with Crippen molar-refractivity contribution in [3.8, 4) is 5.75 Å². The summed E-state index contributed by atoms with van der Waals surface area (Å²) in [5, 5.41) is 1.30. The molecule has 1 heterocycles. The van der Waals surface area contributed by atoms with Gasteiger partial charge in [-0.3, -0.25) is 4.84 Å². The Morgan fingerprint density at radius 2 is 1.88 bits per heavy atom. The van der Waals surface area contributed by atoms with E-state index in [9.17, 15) is 4.79 Å². The Bertz CT molecular complexity index is 601. The summed E-state index contributed by atoms with van der Waals surface area (Å²) in [5.41, 5.74) is 1.46. The van der Waals surface area contributed by atoms with Gasteiger partial charge < -0.3 is 9.47 Å². The first-order valence-corrected chi connectivity index (χ1v) is 8.31. The molecule has 24 heavy (non-hydrogen) atoms. The van der Waals surface area contributed by atoms with Crippen molar-refractivity contribution in [2.45, 2.75) is 59.3 Å². The van der Waals surface area contributed by atoms with Gasteiger partial charge in [-0.15, -0.1) is 0 Å². The molecule has 132 valence electrons. The molecule has 5 heteroatoms. The van der Waals surface area contributed by atoms with Crippen LogP contribution in [0.15, 0.2) is 35.9 Å². The van der Waals surface area contributed by atoms with E-state index >= 15 is 0 Å². The molecule has 0 spiro atoms. The fourth-order valence-corrected chi connectivity index (χ4v) is 2.57. The van der Waals surface area contributed by atoms with Crippen LogP contribution >= 0.6 is 0 Å². The lowest BCUT2D eigenvalue weighted by Crippen LogP contribution is -2.44. The van der Waals surface area contributed by atoms with Crippen molar-refractivity contribution in [1.29, 1.82) is 0 Å². The smallest absolute Gasteiger partial charge is 0.435 e. The molecule has 0 aromatic heterocycles. The molecular weight excluding hydrogens is 306 g/mol. The maximum Gasteiger partial charge on any atom is 0.435 e. The molecule has 0 saturated carbocycles. The van der Waals surface area contributed by atoms with Crippen molar-refractivity contribution in [3.05, 3.63) is 41.5 Å². The quantitative estimate of drug-likeness (QED) is 0.756. The van der Waals surface area contributed by atoms with Crippen LogP contribution < -0.4 is 4.74 Å². The van der Waals surface area contributed by atoms with Gasteiger partial charge in [-0.25, -0.2) is 4.79 Å². The third kappa shape index (κ3) is 4.51. The van der Waals surface area contributed by atoms with Crippen LogP contribution in [0.25, 0.3) is 0 Å². The molecule has 1 aliphatic rings. The summed E-state index contributed by atoms with van der Waals surface area (Å²) in [6.07, 6.45) is 1.23. The van der Waals surface area contributed by atoms with Gasteiger partial charge in [0.05, 0.1) is 12.6 Å². The van der Waals surface area contributed by atoms with Crippen LogP contribution in [0.4, 0.5) is 4.79 Å². The first kappa shape index (κ1) is 18.3. The number of hydrogen-bond acceptors (Lipinski definition) is 4. The average molecular weight is 333 g/mol. The van der Waals surface area contributed by atoms with Gasteiger partial charge in [-0.05, 0) is 64.8 Å². The number of carbonyl (C=O) groups is 1. The lowest BCUT2D eigenvalue weighted by Gasteiger charge is -2.36. The standard InChI is InChI=1S/C19H27NO4/c1-7-22-16-10-8-15(9-11-16)17-13(2)12-14(3)20(24-17)18(21)23-19(4,5)6/h8-12,14,17H,7H2,1-6H3. The average Bonchev–Trinajstić information content (AvgIpc) is 2.47.